The Bertz CT molecular complexity index is 413. The quantitative estimate of drug-likeness (QED) is 0.749. The van der Waals surface area contributed by atoms with Gasteiger partial charge in [0, 0.05) is 19.3 Å². The molecule has 84 valence electrons. The summed E-state index contributed by atoms with van der Waals surface area (Å²) >= 11 is 0. The second-order valence-electron chi connectivity index (χ2n) is 4.32. The van der Waals surface area contributed by atoms with Crippen molar-refractivity contribution in [3.05, 3.63) is 29.6 Å². The molecule has 3 rings (SSSR count). The van der Waals surface area contributed by atoms with Gasteiger partial charge in [-0.05, 0) is 25.0 Å². The van der Waals surface area contributed by atoms with E-state index in [0.717, 1.165) is 30.7 Å². The van der Waals surface area contributed by atoms with E-state index in [2.05, 4.69) is 4.98 Å². The Balaban J connectivity index is 1.74. The molecule has 4 nitrogen and oxygen atoms in total. The standard InChI is InChI=1S/C12H14N2O2/c15-12-10-4-1-5-13-11(10)8-14(12)7-9-3-2-6-16-9/h1,4-5,9H,2-3,6-8H2/t9-/m0/s1. The smallest absolute Gasteiger partial charge is 0.256 e. The highest BCUT2D eigenvalue weighted by Crippen LogP contribution is 2.22. The van der Waals surface area contributed by atoms with Gasteiger partial charge in [0.1, 0.15) is 0 Å². The predicted molar refractivity (Wildman–Crippen MR) is 58.0 cm³/mol. The van der Waals surface area contributed by atoms with Crippen molar-refractivity contribution in [2.45, 2.75) is 25.5 Å². The summed E-state index contributed by atoms with van der Waals surface area (Å²) in [6.07, 6.45) is 4.13. The van der Waals surface area contributed by atoms with Gasteiger partial charge in [-0.15, -0.1) is 0 Å². The number of carbonyl (C=O) groups is 1. The number of nitrogens with zero attached hydrogens (tertiary/aromatic N) is 2. The zero-order valence-corrected chi connectivity index (χ0v) is 9.06. The highest BCUT2D eigenvalue weighted by Gasteiger charge is 2.30. The van der Waals surface area contributed by atoms with Gasteiger partial charge in [-0.3, -0.25) is 9.78 Å². The normalized spacial score (nSPS) is 23.9. The maximum absolute atomic E-state index is 12.0. The topological polar surface area (TPSA) is 42.4 Å². The summed E-state index contributed by atoms with van der Waals surface area (Å²) in [5, 5.41) is 0. The molecule has 0 saturated carbocycles. The van der Waals surface area contributed by atoms with Gasteiger partial charge in [-0.25, -0.2) is 0 Å². The largest absolute Gasteiger partial charge is 0.376 e. The summed E-state index contributed by atoms with van der Waals surface area (Å²) in [5.74, 6) is 0.0959. The maximum atomic E-state index is 12.0. The SMILES string of the molecule is O=C1c2cccnc2CN1C[C@@H]1CCCO1. The number of pyridine rings is 1. The summed E-state index contributed by atoms with van der Waals surface area (Å²) in [6.45, 7) is 2.17. The molecule has 1 saturated heterocycles. The van der Waals surface area contributed by atoms with Crippen molar-refractivity contribution in [3.63, 3.8) is 0 Å². The molecule has 1 aromatic heterocycles. The average Bonchev–Trinajstić information content (AvgIpc) is 2.90. The Morgan fingerprint density at radius 3 is 3.25 bits per heavy atom. The molecular weight excluding hydrogens is 204 g/mol. The van der Waals surface area contributed by atoms with Crippen LogP contribution in [0.1, 0.15) is 28.9 Å². The number of aromatic nitrogens is 1. The lowest BCUT2D eigenvalue weighted by Gasteiger charge is -2.19. The molecule has 3 heterocycles. The lowest BCUT2D eigenvalue weighted by atomic mass is 10.2. The van der Waals surface area contributed by atoms with Gasteiger partial charge in [0.05, 0.1) is 23.9 Å². The Morgan fingerprint density at radius 2 is 2.50 bits per heavy atom. The minimum Gasteiger partial charge on any atom is -0.376 e. The second kappa shape index (κ2) is 3.87. The van der Waals surface area contributed by atoms with Crippen LogP contribution in [0.4, 0.5) is 0 Å². The van der Waals surface area contributed by atoms with E-state index in [4.69, 9.17) is 4.74 Å². The van der Waals surface area contributed by atoms with Crippen molar-refractivity contribution >= 4 is 5.91 Å². The van der Waals surface area contributed by atoms with Crippen LogP contribution in [0.5, 0.6) is 0 Å². The van der Waals surface area contributed by atoms with Crippen molar-refractivity contribution in [1.82, 2.24) is 9.88 Å². The molecule has 1 atom stereocenters. The number of carbonyl (C=O) groups excluding carboxylic acids is 1. The van der Waals surface area contributed by atoms with Crippen molar-refractivity contribution in [2.24, 2.45) is 0 Å². The first-order chi connectivity index (χ1) is 7.84. The molecule has 0 bridgehead atoms. The average molecular weight is 218 g/mol. The van der Waals surface area contributed by atoms with Crippen LogP contribution in [0.3, 0.4) is 0 Å². The Kier molecular flexibility index (Phi) is 2.36. The van der Waals surface area contributed by atoms with Crippen molar-refractivity contribution in [2.75, 3.05) is 13.2 Å². The summed E-state index contributed by atoms with van der Waals surface area (Å²) < 4.78 is 5.55. The summed E-state index contributed by atoms with van der Waals surface area (Å²) in [6, 6.07) is 3.66. The van der Waals surface area contributed by atoms with Crippen LogP contribution in [0.25, 0.3) is 0 Å². The third kappa shape index (κ3) is 1.59. The van der Waals surface area contributed by atoms with Gasteiger partial charge < -0.3 is 9.64 Å². The predicted octanol–water partition coefficient (Wildman–Crippen LogP) is 1.22. The van der Waals surface area contributed by atoms with Crippen LogP contribution in [0, 0.1) is 0 Å². The van der Waals surface area contributed by atoms with E-state index in [-0.39, 0.29) is 12.0 Å². The van der Waals surface area contributed by atoms with Gasteiger partial charge >= 0.3 is 0 Å². The number of rotatable bonds is 2. The molecule has 0 unspecified atom stereocenters. The second-order valence-corrected chi connectivity index (χ2v) is 4.32. The molecule has 2 aliphatic rings. The molecule has 16 heavy (non-hydrogen) atoms. The molecule has 1 amide bonds. The molecule has 1 fully saturated rings. The number of ether oxygens (including phenoxy) is 1. The van der Waals surface area contributed by atoms with Crippen molar-refractivity contribution in [3.8, 4) is 0 Å². The van der Waals surface area contributed by atoms with E-state index < -0.39 is 0 Å². The Hall–Kier alpha value is -1.42. The number of amides is 1. The van der Waals surface area contributed by atoms with Crippen LogP contribution in [-0.4, -0.2) is 35.0 Å². The van der Waals surface area contributed by atoms with E-state index in [9.17, 15) is 4.79 Å². The summed E-state index contributed by atoms with van der Waals surface area (Å²) in [4.78, 5) is 18.1. The third-order valence-corrected chi connectivity index (χ3v) is 3.20. The van der Waals surface area contributed by atoms with E-state index in [0.29, 0.717) is 13.1 Å². The fourth-order valence-electron chi connectivity index (χ4n) is 2.36. The van der Waals surface area contributed by atoms with Gasteiger partial charge in [0.15, 0.2) is 0 Å². The van der Waals surface area contributed by atoms with Crippen LogP contribution in [-0.2, 0) is 11.3 Å². The monoisotopic (exact) mass is 218 g/mol. The summed E-state index contributed by atoms with van der Waals surface area (Å²) in [5.41, 5.74) is 1.64. The lowest BCUT2D eigenvalue weighted by Crippen LogP contribution is -2.32. The first-order valence-electron chi connectivity index (χ1n) is 5.69. The molecule has 1 aromatic rings. The first-order valence-corrected chi connectivity index (χ1v) is 5.69. The van der Waals surface area contributed by atoms with Gasteiger partial charge in [0.2, 0.25) is 0 Å². The fraction of sp³-hybridized carbons (Fsp3) is 0.500. The zero-order chi connectivity index (χ0) is 11.0. The van der Waals surface area contributed by atoms with E-state index in [1.165, 1.54) is 0 Å². The molecule has 0 spiro atoms. The molecular formula is C12H14N2O2. The van der Waals surface area contributed by atoms with E-state index in [1.54, 1.807) is 6.20 Å². The van der Waals surface area contributed by atoms with Gasteiger partial charge in [-0.2, -0.15) is 0 Å². The molecule has 0 N–H and O–H groups in total. The molecule has 0 radical (unpaired) electrons. The first kappa shape index (κ1) is 9.78. The van der Waals surface area contributed by atoms with Crippen LogP contribution in [0.2, 0.25) is 0 Å². The molecule has 0 aromatic carbocycles. The van der Waals surface area contributed by atoms with E-state index in [1.807, 2.05) is 17.0 Å². The highest BCUT2D eigenvalue weighted by molar-refractivity contribution is 5.97. The van der Waals surface area contributed by atoms with Crippen molar-refractivity contribution < 1.29 is 9.53 Å². The highest BCUT2D eigenvalue weighted by atomic mass is 16.5. The summed E-state index contributed by atoms with van der Waals surface area (Å²) in [7, 11) is 0. The number of fused-ring (bicyclic) bond motifs is 1. The minimum absolute atomic E-state index is 0.0959. The van der Waals surface area contributed by atoms with Crippen molar-refractivity contribution in [1.29, 1.82) is 0 Å². The molecule has 2 aliphatic heterocycles. The molecule has 4 heteroatoms. The Morgan fingerprint density at radius 1 is 1.56 bits per heavy atom. The zero-order valence-electron chi connectivity index (χ0n) is 9.06. The van der Waals surface area contributed by atoms with Crippen LogP contribution >= 0.6 is 0 Å². The number of hydrogen-bond acceptors (Lipinski definition) is 3. The van der Waals surface area contributed by atoms with E-state index >= 15 is 0 Å². The fourth-order valence-corrected chi connectivity index (χ4v) is 2.36. The minimum atomic E-state index is 0.0959. The van der Waals surface area contributed by atoms with Crippen LogP contribution < -0.4 is 0 Å². The lowest BCUT2D eigenvalue weighted by molar-refractivity contribution is 0.0544. The molecule has 0 aliphatic carbocycles. The van der Waals surface area contributed by atoms with Gasteiger partial charge in [-0.1, -0.05) is 0 Å². The third-order valence-electron chi connectivity index (χ3n) is 3.20. The van der Waals surface area contributed by atoms with Gasteiger partial charge in [0.25, 0.3) is 5.91 Å². The number of hydrogen-bond donors (Lipinski definition) is 0. The maximum Gasteiger partial charge on any atom is 0.256 e. The van der Waals surface area contributed by atoms with Crippen LogP contribution in [0.15, 0.2) is 18.3 Å². The Labute approximate surface area is 94.2 Å².